The largest absolute Gasteiger partial charge is 0.345 e. The van der Waals surface area contributed by atoms with Crippen molar-refractivity contribution in [1.82, 2.24) is 0 Å². The molecule has 0 saturated heterocycles. The molecular weight excluding hydrogens is 168 g/mol. The van der Waals surface area contributed by atoms with Crippen molar-refractivity contribution < 1.29 is 14.9 Å². The highest BCUT2D eigenvalue weighted by Crippen LogP contribution is 2.08. The summed E-state index contributed by atoms with van der Waals surface area (Å²) in [7, 11) is 0. The van der Waals surface area contributed by atoms with Gasteiger partial charge < -0.3 is 4.89 Å². The average molecular weight is 180 g/mol. The van der Waals surface area contributed by atoms with Crippen LogP contribution in [0.4, 0.5) is 0 Å². The molecular formula is C10H12O3. The van der Waals surface area contributed by atoms with E-state index in [1.54, 1.807) is 6.92 Å². The molecule has 0 heterocycles. The van der Waals surface area contributed by atoms with Crippen molar-refractivity contribution in [3.05, 3.63) is 35.9 Å². The van der Waals surface area contributed by atoms with Gasteiger partial charge in [0, 0.05) is 0 Å². The molecule has 0 saturated carbocycles. The quantitative estimate of drug-likeness (QED) is 0.570. The first-order chi connectivity index (χ1) is 6.24. The highest BCUT2D eigenvalue weighted by Gasteiger charge is 2.14. The Balaban J connectivity index is 2.55. The zero-order chi connectivity index (χ0) is 9.68. The van der Waals surface area contributed by atoms with E-state index in [1.807, 2.05) is 30.3 Å². The van der Waals surface area contributed by atoms with Crippen molar-refractivity contribution in [2.24, 2.45) is 5.92 Å². The maximum atomic E-state index is 10.8. The second kappa shape index (κ2) is 4.62. The van der Waals surface area contributed by atoms with Crippen LogP contribution in [-0.2, 0) is 16.1 Å². The van der Waals surface area contributed by atoms with Crippen LogP contribution in [0.2, 0.25) is 0 Å². The third-order valence-electron chi connectivity index (χ3n) is 1.88. The summed E-state index contributed by atoms with van der Waals surface area (Å²) < 4.78 is 0. The lowest BCUT2D eigenvalue weighted by Crippen LogP contribution is -2.15. The van der Waals surface area contributed by atoms with Gasteiger partial charge in [0.2, 0.25) is 0 Å². The maximum absolute atomic E-state index is 10.8. The number of hydrogen-bond acceptors (Lipinski definition) is 3. The van der Waals surface area contributed by atoms with Gasteiger partial charge in [-0.05, 0) is 12.0 Å². The van der Waals surface area contributed by atoms with Gasteiger partial charge in [0.1, 0.15) is 0 Å². The summed E-state index contributed by atoms with van der Waals surface area (Å²) in [4.78, 5) is 14.5. The van der Waals surface area contributed by atoms with Crippen molar-refractivity contribution in [3.63, 3.8) is 0 Å². The van der Waals surface area contributed by atoms with Gasteiger partial charge in [-0.2, -0.15) is 5.26 Å². The fraction of sp³-hybridized carbons (Fsp3) is 0.300. The molecule has 0 aliphatic heterocycles. The van der Waals surface area contributed by atoms with Gasteiger partial charge in [0.15, 0.2) is 0 Å². The van der Waals surface area contributed by atoms with Gasteiger partial charge in [-0.15, -0.1) is 0 Å². The molecule has 0 aliphatic carbocycles. The average Bonchev–Trinajstić information content (AvgIpc) is 2.18. The fourth-order valence-corrected chi connectivity index (χ4v) is 1.14. The molecule has 0 radical (unpaired) electrons. The normalized spacial score (nSPS) is 12.2. The minimum atomic E-state index is -0.594. The molecule has 1 N–H and O–H groups in total. The third kappa shape index (κ3) is 2.87. The smallest absolute Gasteiger partial charge is 0.301 e. The first-order valence-electron chi connectivity index (χ1n) is 4.13. The Morgan fingerprint density at radius 1 is 1.46 bits per heavy atom. The fourth-order valence-electron chi connectivity index (χ4n) is 1.14. The van der Waals surface area contributed by atoms with Crippen LogP contribution >= 0.6 is 0 Å². The predicted molar refractivity (Wildman–Crippen MR) is 48.0 cm³/mol. The lowest BCUT2D eigenvalue weighted by Gasteiger charge is -2.06. The van der Waals surface area contributed by atoms with E-state index >= 15 is 0 Å². The van der Waals surface area contributed by atoms with Crippen molar-refractivity contribution in [3.8, 4) is 0 Å². The Bertz CT molecular complexity index is 269. The van der Waals surface area contributed by atoms with Crippen LogP contribution in [0.25, 0.3) is 0 Å². The van der Waals surface area contributed by atoms with Crippen LogP contribution in [0.3, 0.4) is 0 Å². The Hall–Kier alpha value is -1.35. The minimum absolute atomic E-state index is 0.313. The SMILES string of the molecule is CC(Cc1ccccc1)C(=O)OO. The van der Waals surface area contributed by atoms with Crippen molar-refractivity contribution in [2.45, 2.75) is 13.3 Å². The summed E-state index contributed by atoms with van der Waals surface area (Å²) in [5.41, 5.74) is 1.06. The summed E-state index contributed by atoms with van der Waals surface area (Å²) in [5, 5.41) is 8.13. The molecule has 1 unspecified atom stereocenters. The number of carbonyl (C=O) groups is 1. The summed E-state index contributed by atoms with van der Waals surface area (Å²) in [6.45, 7) is 1.71. The van der Waals surface area contributed by atoms with E-state index in [-0.39, 0.29) is 5.92 Å². The Kier molecular flexibility index (Phi) is 3.46. The van der Waals surface area contributed by atoms with Gasteiger partial charge in [0.25, 0.3) is 0 Å². The van der Waals surface area contributed by atoms with Crippen LogP contribution in [0.15, 0.2) is 30.3 Å². The minimum Gasteiger partial charge on any atom is -0.301 e. The highest BCUT2D eigenvalue weighted by atomic mass is 17.1. The summed E-state index contributed by atoms with van der Waals surface area (Å²) in [6.07, 6.45) is 0.584. The number of hydrogen-bond donors (Lipinski definition) is 1. The van der Waals surface area contributed by atoms with Crippen LogP contribution in [0.5, 0.6) is 0 Å². The van der Waals surface area contributed by atoms with Crippen LogP contribution in [-0.4, -0.2) is 11.2 Å². The highest BCUT2D eigenvalue weighted by molar-refractivity contribution is 5.71. The van der Waals surface area contributed by atoms with Crippen molar-refractivity contribution in [1.29, 1.82) is 0 Å². The van der Waals surface area contributed by atoms with Gasteiger partial charge in [-0.25, -0.2) is 4.79 Å². The van der Waals surface area contributed by atoms with E-state index < -0.39 is 5.97 Å². The molecule has 3 nitrogen and oxygen atoms in total. The lowest BCUT2D eigenvalue weighted by molar-refractivity contribution is -0.238. The molecule has 13 heavy (non-hydrogen) atoms. The second-order valence-corrected chi connectivity index (χ2v) is 3.00. The maximum Gasteiger partial charge on any atom is 0.345 e. The van der Waals surface area contributed by atoms with E-state index in [9.17, 15) is 4.79 Å². The number of rotatable bonds is 3. The molecule has 3 heteroatoms. The lowest BCUT2D eigenvalue weighted by atomic mass is 10.0. The summed E-state index contributed by atoms with van der Waals surface area (Å²) in [5.74, 6) is -0.906. The summed E-state index contributed by atoms with van der Waals surface area (Å²) >= 11 is 0. The molecule has 0 aliphatic rings. The van der Waals surface area contributed by atoms with Gasteiger partial charge in [-0.3, -0.25) is 0 Å². The first kappa shape index (κ1) is 9.74. The molecule has 1 aromatic rings. The molecule has 0 spiro atoms. The topological polar surface area (TPSA) is 46.5 Å². The van der Waals surface area contributed by atoms with E-state index in [4.69, 9.17) is 5.26 Å². The monoisotopic (exact) mass is 180 g/mol. The van der Waals surface area contributed by atoms with E-state index in [2.05, 4.69) is 4.89 Å². The Labute approximate surface area is 76.9 Å². The van der Waals surface area contributed by atoms with Crippen molar-refractivity contribution >= 4 is 5.97 Å². The van der Waals surface area contributed by atoms with Gasteiger partial charge in [-0.1, -0.05) is 37.3 Å². The zero-order valence-electron chi connectivity index (χ0n) is 7.43. The van der Waals surface area contributed by atoms with Gasteiger partial charge >= 0.3 is 5.97 Å². The zero-order valence-corrected chi connectivity index (χ0v) is 7.43. The molecule has 1 rings (SSSR count). The Morgan fingerprint density at radius 2 is 2.08 bits per heavy atom. The number of carbonyl (C=O) groups excluding carboxylic acids is 1. The molecule has 0 fully saturated rings. The Morgan fingerprint density at radius 3 is 2.62 bits per heavy atom. The van der Waals surface area contributed by atoms with E-state index in [1.165, 1.54) is 0 Å². The standard InChI is InChI=1S/C10H12O3/c1-8(10(11)13-12)7-9-5-3-2-4-6-9/h2-6,8,12H,7H2,1H3. The van der Waals surface area contributed by atoms with Crippen molar-refractivity contribution in [2.75, 3.05) is 0 Å². The molecule has 0 aromatic heterocycles. The third-order valence-corrected chi connectivity index (χ3v) is 1.88. The second-order valence-electron chi connectivity index (χ2n) is 3.00. The molecule has 0 amide bonds. The van der Waals surface area contributed by atoms with E-state index in [0.717, 1.165) is 5.56 Å². The van der Waals surface area contributed by atoms with Gasteiger partial charge in [0.05, 0.1) is 5.92 Å². The summed E-state index contributed by atoms with van der Waals surface area (Å²) in [6, 6.07) is 9.60. The molecule has 70 valence electrons. The van der Waals surface area contributed by atoms with Crippen LogP contribution in [0, 0.1) is 5.92 Å². The molecule has 1 atom stereocenters. The van der Waals surface area contributed by atoms with E-state index in [0.29, 0.717) is 6.42 Å². The van der Waals surface area contributed by atoms with Crippen LogP contribution < -0.4 is 0 Å². The molecule has 0 bridgehead atoms. The number of benzene rings is 1. The molecule has 1 aromatic carbocycles. The van der Waals surface area contributed by atoms with Crippen LogP contribution in [0.1, 0.15) is 12.5 Å². The first-order valence-corrected chi connectivity index (χ1v) is 4.13. The predicted octanol–water partition coefficient (Wildman–Crippen LogP) is 1.88.